The molecule has 116 valence electrons. The number of aliphatic carboxylic acids is 1. The quantitative estimate of drug-likeness (QED) is 0.561. The fraction of sp³-hybridized carbons (Fsp3) is 0.786. The van der Waals surface area contributed by atoms with E-state index >= 15 is 0 Å². The first-order chi connectivity index (χ1) is 9.36. The van der Waals surface area contributed by atoms with E-state index in [4.69, 9.17) is 5.11 Å². The van der Waals surface area contributed by atoms with Crippen LogP contribution < -0.4 is 10.6 Å². The van der Waals surface area contributed by atoms with Gasteiger partial charge in [0.2, 0.25) is 11.8 Å². The van der Waals surface area contributed by atoms with Gasteiger partial charge >= 0.3 is 5.97 Å². The zero-order chi connectivity index (χ0) is 15.5. The van der Waals surface area contributed by atoms with E-state index in [2.05, 4.69) is 10.6 Å². The van der Waals surface area contributed by atoms with Crippen molar-refractivity contribution in [2.75, 3.05) is 13.1 Å². The van der Waals surface area contributed by atoms with Gasteiger partial charge in [0.05, 0.1) is 12.5 Å². The molecule has 1 unspecified atom stereocenters. The maximum absolute atomic E-state index is 11.5. The Morgan fingerprint density at radius 1 is 1.05 bits per heavy atom. The third-order valence-electron chi connectivity index (χ3n) is 2.93. The van der Waals surface area contributed by atoms with Gasteiger partial charge in [-0.15, -0.1) is 0 Å². The van der Waals surface area contributed by atoms with Gasteiger partial charge in [0, 0.05) is 13.0 Å². The maximum Gasteiger partial charge on any atom is 0.308 e. The number of hydrogen-bond donors (Lipinski definition) is 3. The van der Waals surface area contributed by atoms with Crippen LogP contribution in [0.25, 0.3) is 0 Å². The van der Waals surface area contributed by atoms with Crippen LogP contribution in [0.1, 0.15) is 46.5 Å². The van der Waals surface area contributed by atoms with Gasteiger partial charge in [0.15, 0.2) is 0 Å². The minimum Gasteiger partial charge on any atom is -0.481 e. The van der Waals surface area contributed by atoms with E-state index in [9.17, 15) is 14.4 Å². The number of carbonyl (C=O) groups excluding carboxylic acids is 2. The maximum atomic E-state index is 11.5. The summed E-state index contributed by atoms with van der Waals surface area (Å²) >= 11 is 0. The highest BCUT2D eigenvalue weighted by atomic mass is 16.4. The molecular formula is C14H26N2O4. The van der Waals surface area contributed by atoms with E-state index in [1.807, 2.05) is 20.8 Å². The van der Waals surface area contributed by atoms with E-state index in [-0.39, 0.29) is 24.9 Å². The lowest BCUT2D eigenvalue weighted by molar-refractivity contribution is -0.142. The first kappa shape index (κ1) is 18.4. The highest BCUT2D eigenvalue weighted by Gasteiger charge is 2.17. The second-order valence-electron chi connectivity index (χ2n) is 5.34. The van der Waals surface area contributed by atoms with E-state index in [0.717, 1.165) is 12.8 Å². The van der Waals surface area contributed by atoms with Crippen LogP contribution in [0.4, 0.5) is 0 Å². The number of carbonyl (C=O) groups is 3. The molecule has 0 aliphatic carbocycles. The molecule has 0 aliphatic rings. The van der Waals surface area contributed by atoms with Crippen molar-refractivity contribution >= 4 is 17.8 Å². The van der Waals surface area contributed by atoms with Crippen LogP contribution in [-0.4, -0.2) is 36.0 Å². The van der Waals surface area contributed by atoms with Crippen LogP contribution in [0.5, 0.6) is 0 Å². The second kappa shape index (κ2) is 10.2. The van der Waals surface area contributed by atoms with Crippen molar-refractivity contribution in [3.63, 3.8) is 0 Å². The van der Waals surface area contributed by atoms with E-state index < -0.39 is 11.9 Å². The summed E-state index contributed by atoms with van der Waals surface area (Å²) in [6.45, 7) is 5.95. The first-order valence-electron chi connectivity index (χ1n) is 7.13. The van der Waals surface area contributed by atoms with Gasteiger partial charge in [0.1, 0.15) is 0 Å². The topological polar surface area (TPSA) is 95.5 Å². The predicted molar refractivity (Wildman–Crippen MR) is 76.1 cm³/mol. The van der Waals surface area contributed by atoms with Crippen molar-refractivity contribution in [3.8, 4) is 0 Å². The van der Waals surface area contributed by atoms with E-state index in [0.29, 0.717) is 18.8 Å². The Bertz CT molecular complexity index is 329. The zero-order valence-electron chi connectivity index (χ0n) is 12.6. The Morgan fingerprint density at radius 2 is 1.70 bits per heavy atom. The molecule has 6 nitrogen and oxygen atoms in total. The van der Waals surface area contributed by atoms with Crippen molar-refractivity contribution in [2.45, 2.75) is 46.5 Å². The molecule has 0 rings (SSSR count). The van der Waals surface area contributed by atoms with Gasteiger partial charge < -0.3 is 15.7 Å². The van der Waals surface area contributed by atoms with Crippen LogP contribution >= 0.6 is 0 Å². The lowest BCUT2D eigenvalue weighted by Gasteiger charge is -2.12. The third kappa shape index (κ3) is 9.35. The molecule has 0 aromatic rings. The van der Waals surface area contributed by atoms with Crippen LogP contribution in [0.2, 0.25) is 0 Å². The Morgan fingerprint density at radius 3 is 2.20 bits per heavy atom. The molecule has 0 aromatic heterocycles. The summed E-state index contributed by atoms with van der Waals surface area (Å²) < 4.78 is 0. The molecule has 0 radical (unpaired) electrons. The van der Waals surface area contributed by atoms with Gasteiger partial charge in [-0.3, -0.25) is 14.4 Å². The summed E-state index contributed by atoms with van der Waals surface area (Å²) in [5.41, 5.74) is 0. The molecule has 0 spiro atoms. The lowest BCUT2D eigenvalue weighted by atomic mass is 10.0. The van der Waals surface area contributed by atoms with Gasteiger partial charge in [-0.1, -0.05) is 27.2 Å². The molecule has 0 heterocycles. The smallest absolute Gasteiger partial charge is 0.308 e. The van der Waals surface area contributed by atoms with Crippen molar-refractivity contribution in [1.82, 2.24) is 10.6 Å². The Balaban J connectivity index is 3.87. The summed E-state index contributed by atoms with van der Waals surface area (Å²) in [6.07, 6.45) is 2.46. The lowest BCUT2D eigenvalue weighted by Crippen LogP contribution is -2.40. The fourth-order valence-electron chi connectivity index (χ4n) is 1.65. The summed E-state index contributed by atoms with van der Waals surface area (Å²) in [4.78, 5) is 33.8. The number of amides is 2. The second-order valence-corrected chi connectivity index (χ2v) is 5.34. The standard InChI is InChI=1S/C14H26N2O4/c1-4-5-11(14(19)20)8-15-13(18)9-16-12(17)7-6-10(2)3/h10-11H,4-9H2,1-3H3,(H,15,18)(H,16,17)(H,19,20). The van der Waals surface area contributed by atoms with Gasteiger partial charge in [-0.2, -0.15) is 0 Å². The van der Waals surface area contributed by atoms with Crippen LogP contribution in [0, 0.1) is 11.8 Å². The summed E-state index contributed by atoms with van der Waals surface area (Å²) in [5.74, 6) is -1.55. The molecule has 3 N–H and O–H groups in total. The SMILES string of the molecule is CCCC(CNC(=O)CNC(=O)CCC(C)C)C(=O)O. The Kier molecular flexibility index (Phi) is 9.41. The first-order valence-corrected chi connectivity index (χ1v) is 7.13. The normalized spacial score (nSPS) is 12.0. The molecule has 0 bridgehead atoms. The number of carboxylic acids is 1. The predicted octanol–water partition coefficient (Wildman–Crippen LogP) is 1.16. The minimum atomic E-state index is -0.909. The molecule has 6 heteroatoms. The Labute approximate surface area is 120 Å². The molecule has 0 aliphatic heterocycles. The highest BCUT2D eigenvalue weighted by molar-refractivity contribution is 5.84. The molecule has 0 aromatic carbocycles. The molecule has 2 amide bonds. The highest BCUT2D eigenvalue weighted by Crippen LogP contribution is 2.05. The van der Waals surface area contributed by atoms with Crippen molar-refractivity contribution in [1.29, 1.82) is 0 Å². The average molecular weight is 286 g/mol. The molecule has 0 saturated heterocycles. The van der Waals surface area contributed by atoms with Crippen LogP contribution in [0.15, 0.2) is 0 Å². The number of rotatable bonds is 10. The average Bonchev–Trinajstić information content (AvgIpc) is 2.38. The number of carboxylic acid groups (broad SMARTS) is 1. The van der Waals surface area contributed by atoms with Gasteiger partial charge in [-0.25, -0.2) is 0 Å². The van der Waals surface area contributed by atoms with Crippen molar-refractivity contribution < 1.29 is 19.5 Å². The fourth-order valence-corrected chi connectivity index (χ4v) is 1.65. The number of nitrogens with one attached hydrogen (secondary N) is 2. The largest absolute Gasteiger partial charge is 0.481 e. The third-order valence-corrected chi connectivity index (χ3v) is 2.93. The van der Waals surface area contributed by atoms with E-state index in [1.165, 1.54) is 0 Å². The van der Waals surface area contributed by atoms with Gasteiger partial charge in [0.25, 0.3) is 0 Å². The Hall–Kier alpha value is -1.59. The zero-order valence-corrected chi connectivity index (χ0v) is 12.6. The van der Waals surface area contributed by atoms with Crippen molar-refractivity contribution in [2.24, 2.45) is 11.8 Å². The summed E-state index contributed by atoms with van der Waals surface area (Å²) in [7, 11) is 0. The minimum absolute atomic E-state index is 0.101. The summed E-state index contributed by atoms with van der Waals surface area (Å²) in [6, 6.07) is 0. The molecule has 20 heavy (non-hydrogen) atoms. The summed E-state index contributed by atoms with van der Waals surface area (Å²) in [5, 5.41) is 14.0. The number of hydrogen-bond acceptors (Lipinski definition) is 3. The van der Waals surface area contributed by atoms with Crippen molar-refractivity contribution in [3.05, 3.63) is 0 Å². The molecule has 1 atom stereocenters. The molecule has 0 fully saturated rings. The van der Waals surface area contributed by atoms with Gasteiger partial charge in [-0.05, 0) is 18.8 Å². The monoisotopic (exact) mass is 286 g/mol. The van der Waals surface area contributed by atoms with E-state index in [1.54, 1.807) is 0 Å². The van der Waals surface area contributed by atoms with Crippen LogP contribution in [-0.2, 0) is 14.4 Å². The molecular weight excluding hydrogens is 260 g/mol. The molecule has 0 saturated carbocycles. The van der Waals surface area contributed by atoms with Crippen LogP contribution in [0.3, 0.4) is 0 Å².